The predicted octanol–water partition coefficient (Wildman–Crippen LogP) is 6.10. The quantitative estimate of drug-likeness (QED) is 0.408. The summed E-state index contributed by atoms with van der Waals surface area (Å²) < 4.78 is 6.13. The second-order valence-electron chi connectivity index (χ2n) is 7.03. The van der Waals surface area contributed by atoms with Crippen LogP contribution in [0.25, 0.3) is 0 Å². The Hall–Kier alpha value is -2.09. The van der Waals surface area contributed by atoms with Gasteiger partial charge in [-0.05, 0) is 18.8 Å². The maximum atomic E-state index is 12.3. The van der Waals surface area contributed by atoms with Gasteiger partial charge in [0.25, 0.3) is 0 Å². The number of carbonyl (C=O) groups is 1. The summed E-state index contributed by atoms with van der Waals surface area (Å²) in [4.78, 5) is 12.3. The molecule has 0 aromatic heterocycles. The molecule has 2 heteroatoms. The highest BCUT2D eigenvalue weighted by Gasteiger charge is 2.37. The lowest BCUT2D eigenvalue weighted by molar-refractivity contribution is -0.157. The van der Waals surface area contributed by atoms with Crippen LogP contribution in [0.5, 0.6) is 0 Å². The topological polar surface area (TPSA) is 26.3 Å². The lowest BCUT2D eigenvalue weighted by Gasteiger charge is -2.35. The molecule has 0 bridgehead atoms. The van der Waals surface area contributed by atoms with Gasteiger partial charge in [0.1, 0.15) is 0 Å². The van der Waals surface area contributed by atoms with Crippen molar-refractivity contribution in [2.75, 3.05) is 0 Å². The first-order chi connectivity index (χ1) is 12.1. The molecule has 0 radical (unpaired) electrons. The number of rotatable bonds is 9. The molecule has 2 nitrogen and oxygen atoms in total. The van der Waals surface area contributed by atoms with E-state index < -0.39 is 5.60 Å². The zero-order valence-corrected chi connectivity index (χ0v) is 15.7. The molecule has 2 aromatic rings. The van der Waals surface area contributed by atoms with Crippen molar-refractivity contribution in [2.45, 2.75) is 58.5 Å². The maximum absolute atomic E-state index is 12.3. The van der Waals surface area contributed by atoms with Gasteiger partial charge in [0.05, 0.1) is 0 Å². The largest absolute Gasteiger partial charge is 0.449 e. The van der Waals surface area contributed by atoms with E-state index in [1.807, 2.05) is 43.3 Å². The van der Waals surface area contributed by atoms with Gasteiger partial charge in [-0.15, -0.1) is 0 Å². The highest BCUT2D eigenvalue weighted by Crippen LogP contribution is 2.39. The van der Waals surface area contributed by atoms with Crippen LogP contribution in [0, 0.1) is 5.92 Å². The molecule has 2 rings (SSSR count). The van der Waals surface area contributed by atoms with E-state index in [1.54, 1.807) is 0 Å². The van der Waals surface area contributed by atoms with Crippen LogP contribution in [-0.4, -0.2) is 5.97 Å². The molecule has 0 fully saturated rings. The van der Waals surface area contributed by atoms with Gasteiger partial charge in [0.15, 0.2) is 5.60 Å². The van der Waals surface area contributed by atoms with Crippen LogP contribution < -0.4 is 0 Å². The first kappa shape index (κ1) is 19.2. The molecule has 0 aliphatic heterocycles. The van der Waals surface area contributed by atoms with Crippen LogP contribution >= 0.6 is 0 Å². The molecular formula is C23H30O2. The third kappa shape index (κ3) is 5.19. The molecular weight excluding hydrogens is 308 g/mol. The standard InChI is InChI=1S/C23H30O2/c1-4-22(24)25-23(18-12-11-13-19(2)3,20-14-7-5-8-15-20)21-16-9-6-10-17-21/h5-10,14-17,19H,4,11-13,18H2,1-3H3. The summed E-state index contributed by atoms with van der Waals surface area (Å²) >= 11 is 0. The predicted molar refractivity (Wildman–Crippen MR) is 103 cm³/mol. The molecule has 0 saturated heterocycles. The smallest absolute Gasteiger partial charge is 0.306 e. The van der Waals surface area contributed by atoms with Gasteiger partial charge in [0.2, 0.25) is 0 Å². The highest BCUT2D eigenvalue weighted by atomic mass is 16.6. The number of hydrogen-bond donors (Lipinski definition) is 0. The summed E-state index contributed by atoms with van der Waals surface area (Å²) in [5.74, 6) is 0.539. The van der Waals surface area contributed by atoms with Crippen molar-refractivity contribution < 1.29 is 9.53 Å². The van der Waals surface area contributed by atoms with Crippen LogP contribution in [0.1, 0.15) is 64.0 Å². The van der Waals surface area contributed by atoms with E-state index in [0.29, 0.717) is 12.3 Å². The average molecular weight is 338 g/mol. The highest BCUT2D eigenvalue weighted by molar-refractivity contribution is 5.70. The van der Waals surface area contributed by atoms with E-state index in [-0.39, 0.29) is 5.97 Å². The van der Waals surface area contributed by atoms with Gasteiger partial charge < -0.3 is 4.74 Å². The Labute approximate surface area is 152 Å². The minimum Gasteiger partial charge on any atom is -0.449 e. The van der Waals surface area contributed by atoms with Gasteiger partial charge in [-0.25, -0.2) is 0 Å². The summed E-state index contributed by atoms with van der Waals surface area (Å²) in [7, 11) is 0. The van der Waals surface area contributed by atoms with Crippen LogP contribution in [0.3, 0.4) is 0 Å². The van der Waals surface area contributed by atoms with E-state index in [9.17, 15) is 4.79 Å². The minimum atomic E-state index is -0.702. The third-order valence-electron chi connectivity index (χ3n) is 4.62. The zero-order valence-electron chi connectivity index (χ0n) is 15.7. The number of esters is 1. The molecule has 0 atom stereocenters. The number of benzene rings is 2. The molecule has 0 amide bonds. The molecule has 25 heavy (non-hydrogen) atoms. The van der Waals surface area contributed by atoms with E-state index in [1.165, 1.54) is 6.42 Å². The Balaban J connectivity index is 2.40. The zero-order chi connectivity index (χ0) is 18.1. The first-order valence-corrected chi connectivity index (χ1v) is 9.41. The van der Waals surface area contributed by atoms with Crippen molar-refractivity contribution in [3.63, 3.8) is 0 Å². The van der Waals surface area contributed by atoms with Gasteiger partial charge in [0, 0.05) is 17.5 Å². The summed E-state index contributed by atoms with van der Waals surface area (Å²) in [5, 5.41) is 0. The number of carbonyl (C=O) groups excluding carboxylic acids is 1. The summed E-state index contributed by atoms with van der Waals surface area (Å²) in [6.07, 6.45) is 4.55. The fourth-order valence-corrected chi connectivity index (χ4v) is 3.23. The average Bonchev–Trinajstić information content (AvgIpc) is 2.65. The molecule has 0 unspecified atom stereocenters. The molecule has 0 N–H and O–H groups in total. The summed E-state index contributed by atoms with van der Waals surface area (Å²) in [6.45, 7) is 6.35. The molecule has 134 valence electrons. The van der Waals surface area contributed by atoms with E-state index in [4.69, 9.17) is 4.74 Å². The normalized spacial score (nSPS) is 11.5. The van der Waals surface area contributed by atoms with E-state index in [0.717, 1.165) is 30.4 Å². The van der Waals surface area contributed by atoms with E-state index in [2.05, 4.69) is 38.1 Å². The first-order valence-electron chi connectivity index (χ1n) is 9.41. The second-order valence-corrected chi connectivity index (χ2v) is 7.03. The molecule has 0 spiro atoms. The SMILES string of the molecule is CCC(=O)OC(CCCCC(C)C)(c1ccccc1)c1ccccc1. The number of unbranched alkanes of at least 4 members (excludes halogenated alkanes) is 1. The number of ether oxygens (including phenoxy) is 1. The Morgan fingerprint density at radius 1 is 0.920 bits per heavy atom. The van der Waals surface area contributed by atoms with Crippen molar-refractivity contribution in [3.8, 4) is 0 Å². The Morgan fingerprint density at radius 2 is 1.44 bits per heavy atom. The minimum absolute atomic E-state index is 0.156. The second kappa shape index (κ2) is 9.41. The van der Waals surface area contributed by atoms with Crippen LogP contribution in [0.15, 0.2) is 60.7 Å². The molecule has 0 aliphatic carbocycles. The molecule has 0 heterocycles. The van der Waals surface area contributed by atoms with Crippen molar-refractivity contribution in [1.29, 1.82) is 0 Å². The monoisotopic (exact) mass is 338 g/mol. The van der Waals surface area contributed by atoms with Gasteiger partial charge in [-0.2, -0.15) is 0 Å². The fourth-order valence-electron chi connectivity index (χ4n) is 3.23. The van der Waals surface area contributed by atoms with Gasteiger partial charge >= 0.3 is 5.97 Å². The molecule has 0 saturated carbocycles. The Kier molecular flexibility index (Phi) is 7.24. The lowest BCUT2D eigenvalue weighted by Crippen LogP contribution is -2.34. The van der Waals surface area contributed by atoms with Crippen molar-refractivity contribution in [1.82, 2.24) is 0 Å². The Bertz CT molecular complexity index is 592. The Morgan fingerprint density at radius 3 is 1.88 bits per heavy atom. The van der Waals surface area contributed by atoms with Crippen molar-refractivity contribution in [2.24, 2.45) is 5.92 Å². The van der Waals surface area contributed by atoms with Gasteiger partial charge in [-0.1, -0.05) is 94.3 Å². The van der Waals surface area contributed by atoms with Gasteiger partial charge in [-0.3, -0.25) is 4.79 Å². The van der Waals surface area contributed by atoms with Crippen molar-refractivity contribution in [3.05, 3.63) is 71.8 Å². The third-order valence-corrected chi connectivity index (χ3v) is 4.62. The maximum Gasteiger partial charge on any atom is 0.306 e. The summed E-state index contributed by atoms with van der Waals surface area (Å²) in [5.41, 5.74) is 1.40. The van der Waals surface area contributed by atoms with Crippen molar-refractivity contribution >= 4 is 5.97 Å². The molecule has 0 aliphatic rings. The number of hydrogen-bond acceptors (Lipinski definition) is 2. The van der Waals surface area contributed by atoms with Crippen LogP contribution in [0.4, 0.5) is 0 Å². The molecule has 2 aromatic carbocycles. The fraction of sp³-hybridized carbons (Fsp3) is 0.435. The van der Waals surface area contributed by atoms with Crippen LogP contribution in [-0.2, 0) is 15.1 Å². The lowest BCUT2D eigenvalue weighted by atomic mass is 9.81. The summed E-state index contributed by atoms with van der Waals surface area (Å²) in [6, 6.07) is 20.3. The van der Waals surface area contributed by atoms with E-state index >= 15 is 0 Å². The van der Waals surface area contributed by atoms with Crippen LogP contribution in [0.2, 0.25) is 0 Å².